The minimum atomic E-state index is -3.90. The largest absolute Gasteiger partial charge is 0.496 e. The van der Waals surface area contributed by atoms with Gasteiger partial charge in [-0.25, -0.2) is 16.8 Å². The second-order valence-corrected chi connectivity index (χ2v) is 13.1. The van der Waals surface area contributed by atoms with Crippen LogP contribution in [-0.2, 0) is 20.0 Å². The third-order valence-corrected chi connectivity index (χ3v) is 10.1. The van der Waals surface area contributed by atoms with Crippen molar-refractivity contribution in [2.45, 2.75) is 29.1 Å². The highest BCUT2D eigenvalue weighted by Crippen LogP contribution is 2.28. The Morgan fingerprint density at radius 3 is 2.20 bits per heavy atom. The van der Waals surface area contributed by atoms with Gasteiger partial charge in [0.2, 0.25) is 10.0 Å². The van der Waals surface area contributed by atoms with Crippen LogP contribution < -0.4 is 14.8 Å². The van der Waals surface area contributed by atoms with Crippen LogP contribution in [0.25, 0.3) is 10.8 Å². The zero-order valence-electron chi connectivity index (χ0n) is 21.8. The molecule has 1 aliphatic heterocycles. The summed E-state index contributed by atoms with van der Waals surface area (Å²) in [6, 6.07) is 22.7. The summed E-state index contributed by atoms with van der Waals surface area (Å²) < 4.78 is 61.8. The fourth-order valence-electron chi connectivity index (χ4n) is 4.71. The summed E-state index contributed by atoms with van der Waals surface area (Å²) >= 11 is 0. The van der Waals surface area contributed by atoms with E-state index in [1.165, 1.54) is 53.9 Å². The normalized spacial score (nSPS) is 14.5. The molecule has 208 valence electrons. The number of rotatable bonds is 8. The van der Waals surface area contributed by atoms with E-state index in [2.05, 4.69) is 10.0 Å². The van der Waals surface area contributed by atoms with Gasteiger partial charge >= 0.3 is 0 Å². The van der Waals surface area contributed by atoms with E-state index >= 15 is 0 Å². The number of hydrogen-bond donors (Lipinski definition) is 2. The van der Waals surface area contributed by atoms with Gasteiger partial charge in [-0.1, -0.05) is 42.8 Å². The fraction of sp³-hybridized carbons (Fsp3) is 0.207. The third kappa shape index (κ3) is 5.67. The molecule has 4 aromatic rings. The average Bonchev–Trinajstić information content (AvgIpc) is 2.97. The first-order valence-corrected chi connectivity index (χ1v) is 15.7. The van der Waals surface area contributed by atoms with Crippen LogP contribution in [0.2, 0.25) is 0 Å². The molecular weight excluding hydrogens is 550 g/mol. The lowest BCUT2D eigenvalue weighted by atomic mass is 10.1. The molecule has 9 nitrogen and oxygen atoms in total. The van der Waals surface area contributed by atoms with Crippen LogP contribution in [0.5, 0.6) is 5.75 Å². The minimum absolute atomic E-state index is 0.0151. The molecule has 4 aromatic carbocycles. The smallest absolute Gasteiger partial charge is 0.261 e. The monoisotopic (exact) mass is 579 g/mol. The van der Waals surface area contributed by atoms with E-state index in [0.29, 0.717) is 24.5 Å². The maximum atomic E-state index is 13.2. The van der Waals surface area contributed by atoms with Crippen LogP contribution in [0.4, 0.5) is 11.4 Å². The van der Waals surface area contributed by atoms with Crippen LogP contribution in [0.1, 0.15) is 29.6 Å². The predicted molar refractivity (Wildman–Crippen MR) is 155 cm³/mol. The molecule has 5 rings (SSSR count). The lowest BCUT2D eigenvalue weighted by Crippen LogP contribution is -2.35. The maximum Gasteiger partial charge on any atom is 0.261 e. The van der Waals surface area contributed by atoms with E-state index in [4.69, 9.17) is 4.74 Å². The molecule has 0 radical (unpaired) electrons. The highest BCUT2D eigenvalue weighted by Gasteiger charge is 2.28. The van der Waals surface area contributed by atoms with Crippen LogP contribution in [0.15, 0.2) is 94.7 Å². The molecule has 1 saturated heterocycles. The third-order valence-electron chi connectivity index (χ3n) is 6.82. The molecule has 40 heavy (non-hydrogen) atoms. The molecule has 1 amide bonds. The van der Waals surface area contributed by atoms with Gasteiger partial charge in [0.05, 0.1) is 28.2 Å². The van der Waals surface area contributed by atoms with Crippen molar-refractivity contribution < 1.29 is 26.4 Å². The van der Waals surface area contributed by atoms with Crippen molar-refractivity contribution in [1.82, 2.24) is 4.31 Å². The molecule has 11 heteroatoms. The Hall–Kier alpha value is -3.93. The number of nitrogens with one attached hydrogen (secondary N) is 2. The Morgan fingerprint density at radius 2 is 1.48 bits per heavy atom. The van der Waals surface area contributed by atoms with Gasteiger partial charge in [-0.15, -0.1) is 0 Å². The summed E-state index contributed by atoms with van der Waals surface area (Å²) in [5.41, 5.74) is 0.845. The van der Waals surface area contributed by atoms with Gasteiger partial charge in [0.1, 0.15) is 5.75 Å². The average molecular weight is 580 g/mol. The SMILES string of the molecule is COc1ccc(S(=O)(=O)N2CCCCC2)cc1C(=O)Nc1ccc(S(=O)(=O)Nc2cccc3ccccc23)cc1. The first-order valence-electron chi connectivity index (χ1n) is 12.8. The number of amides is 1. The van der Waals surface area contributed by atoms with Crippen LogP contribution in [0.3, 0.4) is 0 Å². The number of methoxy groups -OCH3 is 1. The standard InChI is InChI=1S/C29H29N3O6S2/c1-38-28-17-16-24(40(36,37)32-18-5-2-6-19-32)20-26(28)29(33)30-22-12-14-23(15-13-22)39(34,35)31-27-11-7-9-21-8-3-4-10-25(21)27/h3-4,7-17,20,31H,2,5-6,18-19H2,1H3,(H,30,33). The number of nitrogens with zero attached hydrogens (tertiary/aromatic N) is 1. The number of hydrogen-bond acceptors (Lipinski definition) is 6. The quantitative estimate of drug-likeness (QED) is 0.300. The lowest BCUT2D eigenvalue weighted by molar-refractivity contribution is 0.102. The summed E-state index contributed by atoms with van der Waals surface area (Å²) in [6.07, 6.45) is 2.58. The number of sulfonamides is 2. The number of fused-ring (bicyclic) bond motifs is 1. The van der Waals surface area contributed by atoms with E-state index in [9.17, 15) is 21.6 Å². The highest BCUT2D eigenvalue weighted by molar-refractivity contribution is 7.92. The second kappa shape index (κ2) is 11.3. The minimum Gasteiger partial charge on any atom is -0.496 e. The molecule has 0 aromatic heterocycles. The summed E-state index contributed by atoms with van der Waals surface area (Å²) in [5.74, 6) is -0.370. The molecule has 2 N–H and O–H groups in total. The van der Waals surface area contributed by atoms with Crippen molar-refractivity contribution in [3.05, 3.63) is 90.5 Å². The fourth-order valence-corrected chi connectivity index (χ4v) is 7.34. The summed E-state index contributed by atoms with van der Waals surface area (Å²) in [6.45, 7) is 0.890. The Labute approximate surface area is 233 Å². The molecule has 0 spiro atoms. The van der Waals surface area contributed by atoms with Gasteiger partial charge < -0.3 is 10.1 Å². The molecule has 1 fully saturated rings. The Balaban J connectivity index is 1.35. The van der Waals surface area contributed by atoms with Gasteiger partial charge in [-0.05, 0) is 66.8 Å². The van der Waals surface area contributed by atoms with Gasteiger partial charge in [-0.2, -0.15) is 4.31 Å². The van der Waals surface area contributed by atoms with Gasteiger partial charge in [0.25, 0.3) is 15.9 Å². The molecule has 0 aliphatic carbocycles. The topological polar surface area (TPSA) is 122 Å². The van der Waals surface area contributed by atoms with Crippen LogP contribution in [-0.4, -0.2) is 47.2 Å². The predicted octanol–water partition coefficient (Wildman–Crippen LogP) is 5.08. The van der Waals surface area contributed by atoms with Crippen molar-refractivity contribution in [2.24, 2.45) is 0 Å². The molecule has 0 bridgehead atoms. The van der Waals surface area contributed by atoms with Crippen LogP contribution >= 0.6 is 0 Å². The second-order valence-electron chi connectivity index (χ2n) is 9.44. The Morgan fingerprint density at radius 1 is 0.800 bits per heavy atom. The number of piperidine rings is 1. The van der Waals surface area contributed by atoms with Crippen molar-refractivity contribution in [1.29, 1.82) is 0 Å². The van der Waals surface area contributed by atoms with E-state index in [1.807, 2.05) is 30.3 Å². The molecule has 1 aliphatic rings. The molecule has 0 unspecified atom stereocenters. The number of ether oxygens (including phenoxy) is 1. The maximum absolute atomic E-state index is 13.2. The first-order chi connectivity index (χ1) is 19.2. The van der Waals surface area contributed by atoms with E-state index in [1.54, 1.807) is 12.1 Å². The zero-order chi connectivity index (χ0) is 28.3. The number of carbonyl (C=O) groups is 1. The van der Waals surface area contributed by atoms with Crippen molar-refractivity contribution >= 4 is 48.1 Å². The van der Waals surface area contributed by atoms with Crippen molar-refractivity contribution in [2.75, 3.05) is 30.2 Å². The van der Waals surface area contributed by atoms with E-state index in [-0.39, 0.29) is 21.1 Å². The number of carbonyl (C=O) groups excluding carboxylic acids is 1. The number of benzene rings is 4. The Kier molecular flexibility index (Phi) is 7.79. The Bertz CT molecular complexity index is 1760. The summed E-state index contributed by atoms with van der Waals surface area (Å²) in [7, 11) is -6.26. The summed E-state index contributed by atoms with van der Waals surface area (Å²) in [5, 5.41) is 4.38. The molecule has 1 heterocycles. The van der Waals surface area contributed by atoms with E-state index in [0.717, 1.165) is 30.0 Å². The lowest BCUT2D eigenvalue weighted by Gasteiger charge is -2.26. The highest BCUT2D eigenvalue weighted by atomic mass is 32.2. The van der Waals surface area contributed by atoms with Crippen molar-refractivity contribution in [3.63, 3.8) is 0 Å². The number of anilines is 2. The first kappa shape index (κ1) is 27.6. The van der Waals surface area contributed by atoms with Crippen molar-refractivity contribution in [3.8, 4) is 5.75 Å². The van der Waals surface area contributed by atoms with E-state index < -0.39 is 26.0 Å². The zero-order valence-corrected chi connectivity index (χ0v) is 23.5. The van der Waals surface area contributed by atoms with Gasteiger partial charge in [0.15, 0.2) is 0 Å². The molecule has 0 atom stereocenters. The molecule has 0 saturated carbocycles. The van der Waals surface area contributed by atoms with Gasteiger partial charge in [-0.3, -0.25) is 9.52 Å². The molecular formula is C29H29N3O6S2. The summed E-state index contributed by atoms with van der Waals surface area (Å²) in [4.78, 5) is 13.2. The van der Waals surface area contributed by atoms with Crippen LogP contribution in [0, 0.1) is 0 Å². The van der Waals surface area contributed by atoms with Gasteiger partial charge in [0, 0.05) is 24.2 Å².